The molecule has 5 nitrogen and oxygen atoms in total. The number of pyridine rings is 1. The minimum Gasteiger partial charge on any atom is -0.306 e. The standard InChI is InChI=1S/C19H17F3N4O/c1-3-11-10-15(26(4-2)25-11)12-8-9-16(23-18(12)22)24-19(27)17-13(20)6-5-7-14(17)21/h5-10H,3-4H2,1-2H3,(H,23,24,27). The van der Waals surface area contributed by atoms with E-state index < -0.39 is 29.1 Å². The first kappa shape index (κ1) is 18.6. The van der Waals surface area contributed by atoms with Gasteiger partial charge in [0.2, 0.25) is 5.95 Å². The molecule has 3 aromatic rings. The molecule has 2 heterocycles. The number of hydrogen-bond donors (Lipinski definition) is 1. The van der Waals surface area contributed by atoms with Crippen LogP contribution in [0.1, 0.15) is 29.9 Å². The molecule has 0 aliphatic carbocycles. The molecule has 0 bridgehead atoms. The third kappa shape index (κ3) is 3.69. The summed E-state index contributed by atoms with van der Waals surface area (Å²) in [5, 5.41) is 6.58. The molecule has 0 saturated heterocycles. The van der Waals surface area contributed by atoms with Crippen molar-refractivity contribution >= 4 is 11.7 Å². The van der Waals surface area contributed by atoms with Gasteiger partial charge in [0, 0.05) is 6.54 Å². The zero-order chi connectivity index (χ0) is 19.6. The largest absolute Gasteiger partial charge is 0.306 e. The molecule has 0 atom stereocenters. The summed E-state index contributed by atoms with van der Waals surface area (Å²) in [6.45, 7) is 4.39. The molecular formula is C19H17F3N4O. The summed E-state index contributed by atoms with van der Waals surface area (Å²) in [7, 11) is 0. The van der Waals surface area contributed by atoms with Crippen molar-refractivity contribution < 1.29 is 18.0 Å². The quantitative estimate of drug-likeness (QED) is 0.681. The molecule has 1 aromatic carbocycles. The summed E-state index contributed by atoms with van der Waals surface area (Å²) in [6, 6.07) is 7.66. The molecular weight excluding hydrogens is 357 g/mol. The number of hydrogen-bond acceptors (Lipinski definition) is 3. The maximum absolute atomic E-state index is 14.5. The first-order valence-electron chi connectivity index (χ1n) is 8.43. The fourth-order valence-corrected chi connectivity index (χ4v) is 2.69. The van der Waals surface area contributed by atoms with Crippen LogP contribution in [-0.4, -0.2) is 20.7 Å². The van der Waals surface area contributed by atoms with E-state index in [1.165, 1.54) is 12.1 Å². The van der Waals surface area contributed by atoms with Gasteiger partial charge in [-0.3, -0.25) is 9.48 Å². The van der Waals surface area contributed by atoms with E-state index in [9.17, 15) is 18.0 Å². The lowest BCUT2D eigenvalue weighted by Gasteiger charge is -2.09. The number of carbonyl (C=O) groups is 1. The Morgan fingerprint density at radius 3 is 2.41 bits per heavy atom. The lowest BCUT2D eigenvalue weighted by molar-refractivity contribution is 0.101. The van der Waals surface area contributed by atoms with E-state index in [1.807, 2.05) is 13.8 Å². The maximum Gasteiger partial charge on any atom is 0.262 e. The summed E-state index contributed by atoms with van der Waals surface area (Å²) < 4.78 is 43.5. The average Bonchev–Trinajstić information content (AvgIpc) is 3.05. The van der Waals surface area contributed by atoms with Crippen LogP contribution < -0.4 is 5.32 Å². The molecule has 8 heteroatoms. The Hall–Kier alpha value is -3.16. The van der Waals surface area contributed by atoms with Gasteiger partial charge in [0.05, 0.1) is 17.0 Å². The fraction of sp³-hybridized carbons (Fsp3) is 0.211. The van der Waals surface area contributed by atoms with Crippen LogP contribution in [0.25, 0.3) is 11.3 Å². The summed E-state index contributed by atoms with van der Waals surface area (Å²) in [6.07, 6.45) is 0.706. The number of nitrogens with one attached hydrogen (secondary N) is 1. The summed E-state index contributed by atoms with van der Waals surface area (Å²) in [4.78, 5) is 15.8. The molecule has 0 unspecified atom stereocenters. The second kappa shape index (κ2) is 7.61. The van der Waals surface area contributed by atoms with Gasteiger partial charge in [-0.1, -0.05) is 13.0 Å². The number of halogens is 3. The zero-order valence-corrected chi connectivity index (χ0v) is 14.8. The second-order valence-electron chi connectivity index (χ2n) is 5.78. The monoisotopic (exact) mass is 374 g/mol. The topological polar surface area (TPSA) is 59.8 Å². The van der Waals surface area contributed by atoms with Crippen LogP contribution in [0.5, 0.6) is 0 Å². The first-order valence-corrected chi connectivity index (χ1v) is 8.43. The molecule has 1 amide bonds. The van der Waals surface area contributed by atoms with Gasteiger partial charge in [-0.25, -0.2) is 13.8 Å². The number of rotatable bonds is 5. The number of aryl methyl sites for hydroxylation is 2. The number of carbonyl (C=O) groups excluding carboxylic acids is 1. The highest BCUT2D eigenvalue weighted by Gasteiger charge is 2.19. The Labute approximate surface area is 153 Å². The van der Waals surface area contributed by atoms with Gasteiger partial charge in [0.1, 0.15) is 23.0 Å². The van der Waals surface area contributed by atoms with Crippen molar-refractivity contribution in [3.63, 3.8) is 0 Å². The van der Waals surface area contributed by atoms with Crippen molar-refractivity contribution in [3.05, 3.63) is 65.2 Å². The van der Waals surface area contributed by atoms with Crippen molar-refractivity contribution in [1.29, 1.82) is 0 Å². The molecule has 0 fully saturated rings. The van der Waals surface area contributed by atoms with Crippen LogP contribution in [0.2, 0.25) is 0 Å². The third-order valence-electron chi connectivity index (χ3n) is 4.05. The van der Waals surface area contributed by atoms with Crippen LogP contribution in [0.4, 0.5) is 19.0 Å². The maximum atomic E-state index is 14.5. The number of nitrogens with zero attached hydrogens (tertiary/aromatic N) is 3. The highest BCUT2D eigenvalue weighted by molar-refractivity contribution is 6.04. The smallest absolute Gasteiger partial charge is 0.262 e. The fourth-order valence-electron chi connectivity index (χ4n) is 2.69. The van der Waals surface area contributed by atoms with Gasteiger partial charge in [-0.15, -0.1) is 0 Å². The predicted molar refractivity (Wildman–Crippen MR) is 94.8 cm³/mol. The Bertz CT molecular complexity index is 980. The van der Waals surface area contributed by atoms with Crippen molar-refractivity contribution in [3.8, 4) is 11.3 Å². The highest BCUT2D eigenvalue weighted by atomic mass is 19.1. The van der Waals surface area contributed by atoms with Crippen LogP contribution in [0.15, 0.2) is 36.4 Å². The van der Waals surface area contributed by atoms with Gasteiger partial charge in [-0.05, 0) is 43.7 Å². The van der Waals surface area contributed by atoms with Gasteiger partial charge in [-0.2, -0.15) is 9.49 Å². The van der Waals surface area contributed by atoms with E-state index in [0.717, 1.165) is 23.9 Å². The Kier molecular flexibility index (Phi) is 5.25. The molecule has 1 N–H and O–H groups in total. The Balaban J connectivity index is 1.89. The second-order valence-corrected chi connectivity index (χ2v) is 5.78. The molecule has 3 rings (SSSR count). The van der Waals surface area contributed by atoms with Gasteiger partial charge >= 0.3 is 0 Å². The molecule has 2 aromatic heterocycles. The molecule has 0 spiro atoms. The molecule has 0 radical (unpaired) electrons. The number of aromatic nitrogens is 3. The minimum atomic E-state index is -1.04. The minimum absolute atomic E-state index is 0.151. The van der Waals surface area contributed by atoms with E-state index in [1.54, 1.807) is 10.7 Å². The predicted octanol–water partition coefficient (Wildman–Crippen LogP) is 4.20. The summed E-state index contributed by atoms with van der Waals surface area (Å²) in [5.74, 6) is -4.04. The van der Waals surface area contributed by atoms with Crippen molar-refractivity contribution in [2.45, 2.75) is 26.8 Å². The summed E-state index contributed by atoms with van der Waals surface area (Å²) >= 11 is 0. The van der Waals surface area contributed by atoms with Crippen molar-refractivity contribution in [1.82, 2.24) is 14.8 Å². The van der Waals surface area contributed by atoms with Gasteiger partial charge in [0.15, 0.2) is 0 Å². The van der Waals surface area contributed by atoms with Crippen LogP contribution in [-0.2, 0) is 13.0 Å². The van der Waals surface area contributed by atoms with Gasteiger partial charge in [0.25, 0.3) is 5.91 Å². The summed E-state index contributed by atoms with van der Waals surface area (Å²) in [5.41, 5.74) is 0.857. The molecule has 0 saturated carbocycles. The Morgan fingerprint density at radius 2 is 1.81 bits per heavy atom. The highest BCUT2D eigenvalue weighted by Crippen LogP contribution is 2.25. The lowest BCUT2D eigenvalue weighted by atomic mass is 10.1. The van der Waals surface area contributed by atoms with E-state index in [0.29, 0.717) is 18.7 Å². The molecule has 27 heavy (non-hydrogen) atoms. The van der Waals surface area contributed by atoms with Crippen LogP contribution >= 0.6 is 0 Å². The van der Waals surface area contributed by atoms with Crippen LogP contribution in [0, 0.1) is 17.6 Å². The number of amides is 1. The SMILES string of the molecule is CCc1cc(-c2ccc(NC(=O)c3c(F)cccc3F)nc2F)n(CC)n1. The Morgan fingerprint density at radius 1 is 1.11 bits per heavy atom. The number of anilines is 1. The van der Waals surface area contributed by atoms with Crippen LogP contribution in [0.3, 0.4) is 0 Å². The van der Waals surface area contributed by atoms with Crippen molar-refractivity contribution in [2.75, 3.05) is 5.32 Å². The average molecular weight is 374 g/mol. The molecule has 0 aliphatic heterocycles. The zero-order valence-electron chi connectivity index (χ0n) is 14.8. The third-order valence-corrected chi connectivity index (χ3v) is 4.05. The normalized spacial score (nSPS) is 10.9. The van der Waals surface area contributed by atoms with E-state index >= 15 is 0 Å². The molecule has 140 valence electrons. The van der Waals surface area contributed by atoms with E-state index in [2.05, 4.69) is 15.4 Å². The first-order chi connectivity index (χ1) is 12.9. The lowest BCUT2D eigenvalue weighted by Crippen LogP contribution is -2.17. The number of benzene rings is 1. The molecule has 0 aliphatic rings. The van der Waals surface area contributed by atoms with E-state index in [4.69, 9.17) is 0 Å². The van der Waals surface area contributed by atoms with Crippen molar-refractivity contribution in [2.24, 2.45) is 0 Å². The van der Waals surface area contributed by atoms with Gasteiger partial charge < -0.3 is 5.32 Å². The van der Waals surface area contributed by atoms with E-state index in [-0.39, 0.29) is 11.4 Å².